The third-order valence-corrected chi connectivity index (χ3v) is 4.43. The lowest BCUT2D eigenvalue weighted by Gasteiger charge is -2.27. The van der Waals surface area contributed by atoms with Crippen molar-refractivity contribution in [1.82, 2.24) is 10.4 Å². The second-order valence-corrected chi connectivity index (χ2v) is 7.12. The van der Waals surface area contributed by atoms with Crippen LogP contribution in [0, 0.1) is 5.82 Å². The number of nitrogens with one attached hydrogen (secondary N) is 1. The second kappa shape index (κ2) is 11.2. The average Bonchev–Trinajstić information content (AvgIpc) is 2.72. The highest BCUT2D eigenvalue weighted by Crippen LogP contribution is 2.22. The maximum absolute atomic E-state index is 13.7. The number of rotatable bonds is 9. The fourth-order valence-corrected chi connectivity index (χ4v) is 2.82. The molecule has 2 aromatic carbocycles. The Morgan fingerprint density at radius 2 is 1.86 bits per heavy atom. The van der Waals surface area contributed by atoms with Crippen LogP contribution in [-0.4, -0.2) is 29.5 Å². The quantitative estimate of drug-likeness (QED) is 0.497. The number of halogens is 1. The van der Waals surface area contributed by atoms with Crippen LogP contribution in [0.4, 0.5) is 4.39 Å². The van der Waals surface area contributed by atoms with Crippen molar-refractivity contribution in [1.29, 1.82) is 0 Å². The fraction of sp³-hybridized carbons (Fsp3) is 0.391. The molecule has 0 fully saturated rings. The van der Waals surface area contributed by atoms with E-state index in [0.717, 1.165) is 12.8 Å². The molecule has 6 heteroatoms. The van der Waals surface area contributed by atoms with Gasteiger partial charge in [-0.25, -0.2) is 4.39 Å². The molecule has 0 bridgehead atoms. The van der Waals surface area contributed by atoms with Crippen LogP contribution in [-0.2, 0) is 11.2 Å². The molecule has 0 aromatic heterocycles. The third kappa shape index (κ3) is 6.89. The zero-order valence-electron chi connectivity index (χ0n) is 17.3. The van der Waals surface area contributed by atoms with Gasteiger partial charge >= 0.3 is 0 Å². The summed E-state index contributed by atoms with van der Waals surface area (Å²) >= 11 is 0. The van der Waals surface area contributed by atoms with Crippen LogP contribution in [0.1, 0.15) is 56.0 Å². The third-order valence-electron chi connectivity index (χ3n) is 4.43. The molecule has 1 N–H and O–H groups in total. The van der Waals surface area contributed by atoms with E-state index in [1.54, 1.807) is 30.3 Å². The van der Waals surface area contributed by atoms with Crippen molar-refractivity contribution in [3.05, 3.63) is 65.5 Å². The smallest absolute Gasteiger partial charge is 0.269 e. The normalized spacial score (nSPS) is 10.7. The zero-order chi connectivity index (χ0) is 21.2. The van der Waals surface area contributed by atoms with E-state index >= 15 is 0 Å². The number of benzene rings is 2. The lowest BCUT2D eigenvalue weighted by atomic mass is 10.1. The number of nitrogens with zero attached hydrogens (tertiary/aromatic N) is 1. The maximum Gasteiger partial charge on any atom is 0.269 e. The van der Waals surface area contributed by atoms with Gasteiger partial charge in [0.25, 0.3) is 5.91 Å². The summed E-state index contributed by atoms with van der Waals surface area (Å²) in [6, 6.07) is 12.9. The van der Waals surface area contributed by atoms with Crippen molar-refractivity contribution in [2.75, 3.05) is 6.61 Å². The predicted molar refractivity (Wildman–Crippen MR) is 111 cm³/mol. The molecular weight excluding hydrogens is 371 g/mol. The SMILES string of the molecule is CCCCOc1ccc(F)cc1CCC(=O)N(NC(=O)c1ccccc1)C(C)C. The molecule has 2 amide bonds. The Hall–Kier alpha value is -2.89. The Morgan fingerprint density at radius 1 is 1.14 bits per heavy atom. The van der Waals surface area contributed by atoms with E-state index in [4.69, 9.17) is 4.74 Å². The van der Waals surface area contributed by atoms with Gasteiger partial charge in [0, 0.05) is 18.0 Å². The summed E-state index contributed by atoms with van der Waals surface area (Å²) in [5.41, 5.74) is 3.80. The van der Waals surface area contributed by atoms with Crippen molar-refractivity contribution in [3.8, 4) is 5.75 Å². The van der Waals surface area contributed by atoms with Crippen LogP contribution in [0.3, 0.4) is 0 Å². The molecule has 156 valence electrons. The van der Waals surface area contributed by atoms with Gasteiger partial charge in [-0.05, 0) is 62.6 Å². The van der Waals surface area contributed by atoms with Crippen molar-refractivity contribution in [2.45, 2.75) is 52.5 Å². The average molecular weight is 400 g/mol. The van der Waals surface area contributed by atoms with E-state index in [2.05, 4.69) is 12.3 Å². The number of hydrogen-bond acceptors (Lipinski definition) is 3. The van der Waals surface area contributed by atoms with E-state index in [0.29, 0.717) is 29.9 Å². The number of ether oxygens (including phenoxy) is 1. The minimum Gasteiger partial charge on any atom is -0.493 e. The lowest BCUT2D eigenvalue weighted by molar-refractivity contribution is -0.135. The van der Waals surface area contributed by atoms with Gasteiger partial charge in [0.05, 0.1) is 6.61 Å². The number of aryl methyl sites for hydroxylation is 1. The van der Waals surface area contributed by atoms with Crippen LogP contribution in [0.25, 0.3) is 0 Å². The van der Waals surface area contributed by atoms with Gasteiger partial charge in [-0.1, -0.05) is 31.5 Å². The first-order valence-corrected chi connectivity index (χ1v) is 10.0. The van der Waals surface area contributed by atoms with Crippen LogP contribution >= 0.6 is 0 Å². The Labute approximate surface area is 171 Å². The van der Waals surface area contributed by atoms with Gasteiger partial charge in [-0.3, -0.25) is 20.0 Å². The molecular formula is C23H29FN2O3. The molecule has 0 spiro atoms. The molecule has 0 aliphatic rings. The number of carbonyl (C=O) groups is 2. The highest BCUT2D eigenvalue weighted by Gasteiger charge is 2.20. The number of hydrazine groups is 1. The van der Waals surface area contributed by atoms with E-state index in [1.807, 2.05) is 19.9 Å². The zero-order valence-corrected chi connectivity index (χ0v) is 17.3. The summed E-state index contributed by atoms with van der Waals surface area (Å²) in [6.07, 6.45) is 2.35. The van der Waals surface area contributed by atoms with E-state index in [-0.39, 0.29) is 30.1 Å². The summed E-state index contributed by atoms with van der Waals surface area (Å²) in [7, 11) is 0. The maximum atomic E-state index is 13.7. The summed E-state index contributed by atoms with van der Waals surface area (Å²) in [4.78, 5) is 25.2. The largest absolute Gasteiger partial charge is 0.493 e. The molecule has 0 aliphatic carbocycles. The van der Waals surface area contributed by atoms with Crippen molar-refractivity contribution in [2.24, 2.45) is 0 Å². The number of hydrogen-bond donors (Lipinski definition) is 1. The fourth-order valence-electron chi connectivity index (χ4n) is 2.82. The second-order valence-electron chi connectivity index (χ2n) is 7.12. The van der Waals surface area contributed by atoms with Crippen LogP contribution in [0.5, 0.6) is 5.75 Å². The minimum absolute atomic E-state index is 0.126. The highest BCUT2D eigenvalue weighted by molar-refractivity contribution is 5.95. The van der Waals surface area contributed by atoms with Gasteiger partial charge in [0.1, 0.15) is 11.6 Å². The van der Waals surface area contributed by atoms with E-state index in [9.17, 15) is 14.0 Å². The van der Waals surface area contributed by atoms with Gasteiger partial charge < -0.3 is 4.74 Å². The Morgan fingerprint density at radius 3 is 2.52 bits per heavy atom. The van der Waals surface area contributed by atoms with Crippen molar-refractivity contribution < 1.29 is 18.7 Å². The summed E-state index contributed by atoms with van der Waals surface area (Å²) in [5, 5.41) is 1.33. The first-order chi connectivity index (χ1) is 13.9. The number of unbranched alkanes of at least 4 members (excludes halogenated alkanes) is 1. The van der Waals surface area contributed by atoms with Gasteiger partial charge in [-0.15, -0.1) is 0 Å². The summed E-state index contributed by atoms with van der Waals surface area (Å²) in [6.45, 7) is 6.27. The van der Waals surface area contributed by atoms with E-state index in [1.165, 1.54) is 17.1 Å². The Kier molecular flexibility index (Phi) is 8.65. The van der Waals surface area contributed by atoms with Crippen molar-refractivity contribution >= 4 is 11.8 Å². The van der Waals surface area contributed by atoms with Crippen LogP contribution in [0.2, 0.25) is 0 Å². The summed E-state index contributed by atoms with van der Waals surface area (Å²) in [5.74, 6) is -0.361. The van der Waals surface area contributed by atoms with Gasteiger partial charge in [-0.2, -0.15) is 0 Å². The minimum atomic E-state index is -0.367. The van der Waals surface area contributed by atoms with Gasteiger partial charge in [0.2, 0.25) is 5.91 Å². The standard InChI is InChI=1S/C23H29FN2O3/c1-4-5-15-29-21-13-12-20(24)16-19(21)11-14-22(27)26(17(2)3)25-23(28)18-9-7-6-8-10-18/h6-10,12-13,16-17H,4-5,11,14-15H2,1-3H3,(H,25,28). The predicted octanol–water partition coefficient (Wildman–Crippen LogP) is 4.52. The topological polar surface area (TPSA) is 58.6 Å². The first kappa shape index (κ1) is 22.4. The summed E-state index contributed by atoms with van der Waals surface area (Å²) < 4.78 is 19.4. The molecule has 0 saturated carbocycles. The van der Waals surface area contributed by atoms with Crippen LogP contribution in [0.15, 0.2) is 48.5 Å². The van der Waals surface area contributed by atoms with Gasteiger partial charge in [0.15, 0.2) is 0 Å². The molecule has 0 heterocycles. The Bertz CT molecular complexity index is 809. The Balaban J connectivity index is 2.03. The highest BCUT2D eigenvalue weighted by atomic mass is 19.1. The van der Waals surface area contributed by atoms with Crippen LogP contribution < -0.4 is 10.2 Å². The van der Waals surface area contributed by atoms with Crippen molar-refractivity contribution in [3.63, 3.8) is 0 Å². The monoisotopic (exact) mass is 400 g/mol. The van der Waals surface area contributed by atoms with E-state index < -0.39 is 0 Å². The lowest BCUT2D eigenvalue weighted by Crippen LogP contribution is -2.50. The molecule has 0 unspecified atom stereocenters. The first-order valence-electron chi connectivity index (χ1n) is 10.0. The molecule has 29 heavy (non-hydrogen) atoms. The molecule has 0 radical (unpaired) electrons. The molecule has 0 saturated heterocycles. The molecule has 0 atom stereocenters. The number of amides is 2. The number of carbonyl (C=O) groups excluding carboxylic acids is 2. The molecule has 2 aromatic rings. The molecule has 5 nitrogen and oxygen atoms in total. The molecule has 0 aliphatic heterocycles. The molecule has 2 rings (SSSR count).